The van der Waals surface area contributed by atoms with Crippen molar-refractivity contribution in [3.05, 3.63) is 99.2 Å². The Kier molecular flexibility index (Phi) is 11.0. The van der Waals surface area contributed by atoms with Gasteiger partial charge in [0.15, 0.2) is 17.7 Å². The number of rotatable bonds is 13. The van der Waals surface area contributed by atoms with Crippen molar-refractivity contribution in [2.75, 3.05) is 20.3 Å². The molecule has 0 unspecified atom stereocenters. The van der Waals surface area contributed by atoms with Crippen molar-refractivity contribution in [3.8, 4) is 17.2 Å². The molecule has 1 aliphatic rings. The van der Waals surface area contributed by atoms with Gasteiger partial charge in [0.1, 0.15) is 19.0 Å². The van der Waals surface area contributed by atoms with E-state index in [0.717, 1.165) is 15.6 Å². The van der Waals surface area contributed by atoms with Crippen LogP contribution in [0.1, 0.15) is 36.6 Å². The molecule has 0 aromatic heterocycles. The van der Waals surface area contributed by atoms with Gasteiger partial charge in [0.05, 0.1) is 36.0 Å². The zero-order valence-corrected chi connectivity index (χ0v) is 25.5. The van der Waals surface area contributed by atoms with Crippen LogP contribution in [-0.4, -0.2) is 49.9 Å². The van der Waals surface area contributed by atoms with Crippen LogP contribution in [-0.2, 0) is 16.1 Å². The molecule has 11 nitrogen and oxygen atoms in total. The minimum atomic E-state index is -1.12. The Bertz CT molecular complexity index is 1500. The van der Waals surface area contributed by atoms with Crippen LogP contribution in [0.15, 0.2) is 87.6 Å². The van der Waals surface area contributed by atoms with Crippen molar-refractivity contribution < 1.29 is 33.6 Å². The Morgan fingerprint density at radius 3 is 2.56 bits per heavy atom. The van der Waals surface area contributed by atoms with Crippen LogP contribution in [0.25, 0.3) is 0 Å². The molecule has 4 N–H and O–H groups in total. The molecule has 2 amide bonds. The molecule has 0 saturated carbocycles. The normalized spacial score (nSPS) is 15.4. The Morgan fingerprint density at radius 1 is 1.07 bits per heavy atom. The number of nitrogens with zero attached hydrogens (tertiary/aromatic N) is 1. The number of ether oxygens (including phenoxy) is 4. The Labute approximate surface area is 258 Å². The minimum absolute atomic E-state index is 0.136. The van der Waals surface area contributed by atoms with Gasteiger partial charge in [0, 0.05) is 5.70 Å². The molecule has 4 rings (SSSR count). The average Bonchev–Trinajstić information content (AvgIpc) is 3.00. The Hall–Kier alpha value is -4.55. The van der Waals surface area contributed by atoms with Gasteiger partial charge in [-0.05, 0) is 76.8 Å². The first-order chi connectivity index (χ1) is 20.8. The third-order valence-electron chi connectivity index (χ3n) is 6.30. The molecule has 0 saturated heterocycles. The SMILES string of the molecule is CCOc1cc([C@H]2NC(=O)NC(C)=C2C(=O)OC)ccc1OC[C@H](O)N/N=C\c1ccc(OCc2ccccc2)c(Br)c1. The van der Waals surface area contributed by atoms with Crippen LogP contribution >= 0.6 is 15.9 Å². The number of allylic oxidation sites excluding steroid dienone is 1. The third kappa shape index (κ3) is 8.49. The third-order valence-corrected chi connectivity index (χ3v) is 6.92. The van der Waals surface area contributed by atoms with E-state index in [4.69, 9.17) is 18.9 Å². The number of esters is 1. The van der Waals surface area contributed by atoms with Crippen LogP contribution < -0.4 is 30.3 Å². The summed E-state index contributed by atoms with van der Waals surface area (Å²) in [6.45, 7) is 4.11. The van der Waals surface area contributed by atoms with Crippen LogP contribution in [0.5, 0.6) is 17.2 Å². The summed E-state index contributed by atoms with van der Waals surface area (Å²) in [4.78, 5) is 24.6. The van der Waals surface area contributed by atoms with Gasteiger partial charge in [-0.2, -0.15) is 5.10 Å². The number of halogens is 1. The Morgan fingerprint density at radius 2 is 1.84 bits per heavy atom. The number of hydrazone groups is 1. The molecule has 43 heavy (non-hydrogen) atoms. The van der Waals surface area contributed by atoms with Crippen molar-refractivity contribution in [2.24, 2.45) is 5.10 Å². The van der Waals surface area contributed by atoms with E-state index in [1.165, 1.54) is 7.11 Å². The highest BCUT2D eigenvalue weighted by Crippen LogP contribution is 2.35. The molecule has 1 heterocycles. The molecule has 3 aromatic rings. The summed E-state index contributed by atoms with van der Waals surface area (Å²) < 4.78 is 23.1. The fourth-order valence-electron chi connectivity index (χ4n) is 4.27. The van der Waals surface area contributed by atoms with E-state index < -0.39 is 24.3 Å². The number of amides is 2. The molecule has 0 bridgehead atoms. The summed E-state index contributed by atoms with van der Waals surface area (Å²) in [5.41, 5.74) is 5.75. The number of hydrogen-bond donors (Lipinski definition) is 4. The van der Waals surface area contributed by atoms with Crippen LogP contribution in [0.4, 0.5) is 4.79 Å². The van der Waals surface area contributed by atoms with Gasteiger partial charge >= 0.3 is 12.0 Å². The molecular formula is C31H33BrN4O7. The maximum atomic E-state index is 12.4. The van der Waals surface area contributed by atoms with Crippen LogP contribution in [0.3, 0.4) is 0 Å². The predicted octanol–water partition coefficient (Wildman–Crippen LogP) is 4.55. The first kappa shape index (κ1) is 31.4. The van der Waals surface area contributed by atoms with E-state index in [1.54, 1.807) is 31.3 Å². The molecule has 12 heteroatoms. The number of hydrogen-bond acceptors (Lipinski definition) is 9. The topological polar surface area (TPSA) is 140 Å². The van der Waals surface area contributed by atoms with Crippen molar-refractivity contribution in [1.29, 1.82) is 0 Å². The molecule has 0 radical (unpaired) electrons. The summed E-state index contributed by atoms with van der Waals surface area (Å²) in [6, 6.07) is 19.3. The minimum Gasteiger partial charge on any atom is -0.490 e. The average molecular weight is 654 g/mol. The summed E-state index contributed by atoms with van der Waals surface area (Å²) in [6.07, 6.45) is 0.444. The maximum absolute atomic E-state index is 12.4. The largest absolute Gasteiger partial charge is 0.490 e. The second-order valence-corrected chi connectivity index (χ2v) is 10.2. The lowest BCUT2D eigenvalue weighted by molar-refractivity contribution is -0.136. The molecule has 226 valence electrons. The van der Waals surface area contributed by atoms with Crippen molar-refractivity contribution >= 4 is 34.1 Å². The molecule has 1 aliphatic heterocycles. The van der Waals surface area contributed by atoms with Gasteiger partial charge in [-0.15, -0.1) is 0 Å². The zero-order valence-electron chi connectivity index (χ0n) is 23.9. The second-order valence-electron chi connectivity index (χ2n) is 9.38. The van der Waals surface area contributed by atoms with E-state index >= 15 is 0 Å². The van der Waals surface area contributed by atoms with Gasteiger partial charge in [0.2, 0.25) is 0 Å². The van der Waals surface area contributed by atoms with E-state index in [-0.39, 0.29) is 12.2 Å². The molecular weight excluding hydrogens is 620 g/mol. The molecule has 0 aliphatic carbocycles. The van der Waals surface area contributed by atoms with Crippen LogP contribution in [0.2, 0.25) is 0 Å². The maximum Gasteiger partial charge on any atom is 0.337 e. The van der Waals surface area contributed by atoms with Gasteiger partial charge in [-0.1, -0.05) is 36.4 Å². The van der Waals surface area contributed by atoms with Crippen molar-refractivity contribution in [3.63, 3.8) is 0 Å². The first-order valence-electron chi connectivity index (χ1n) is 13.5. The number of urea groups is 1. The highest BCUT2D eigenvalue weighted by molar-refractivity contribution is 9.10. The number of nitrogens with one attached hydrogen (secondary N) is 3. The number of aliphatic hydroxyl groups excluding tert-OH is 1. The molecule has 2 atom stereocenters. The standard InChI is InChI=1S/C31H33BrN4O7/c1-4-41-26-15-22(29-28(30(38)40-3)19(2)34-31(39)35-29)11-13-25(26)43-18-27(37)36-33-16-21-10-12-24(23(32)14-21)42-17-20-8-6-5-7-9-20/h5-16,27,29,36-37H,4,17-18H2,1-3H3,(H2,34,35,39)/b33-16-/t27-,29+/m0/s1. The van der Waals surface area contributed by atoms with Gasteiger partial charge < -0.3 is 34.7 Å². The summed E-state index contributed by atoms with van der Waals surface area (Å²) in [5, 5.41) is 19.8. The second kappa shape index (κ2) is 15.1. The monoisotopic (exact) mass is 652 g/mol. The molecule has 0 spiro atoms. The van der Waals surface area contributed by atoms with E-state index in [2.05, 4.69) is 37.1 Å². The molecule has 3 aromatic carbocycles. The van der Waals surface area contributed by atoms with Crippen molar-refractivity contribution in [2.45, 2.75) is 32.7 Å². The lowest BCUT2D eigenvalue weighted by Gasteiger charge is -2.28. The van der Waals surface area contributed by atoms with Crippen LogP contribution in [0, 0.1) is 0 Å². The highest BCUT2D eigenvalue weighted by atomic mass is 79.9. The lowest BCUT2D eigenvalue weighted by atomic mass is 9.95. The molecule has 0 fully saturated rings. The lowest BCUT2D eigenvalue weighted by Crippen LogP contribution is -2.45. The van der Waals surface area contributed by atoms with Crippen molar-refractivity contribution in [1.82, 2.24) is 16.1 Å². The van der Waals surface area contributed by atoms with Gasteiger partial charge in [-0.3, -0.25) is 5.43 Å². The van der Waals surface area contributed by atoms with Gasteiger partial charge in [0.25, 0.3) is 0 Å². The quantitative estimate of drug-likeness (QED) is 0.0913. The number of aliphatic hydroxyl groups is 1. The van der Waals surface area contributed by atoms with Gasteiger partial charge in [-0.25, -0.2) is 9.59 Å². The first-order valence-corrected chi connectivity index (χ1v) is 14.3. The fourth-order valence-corrected chi connectivity index (χ4v) is 4.78. The van der Waals surface area contributed by atoms with E-state index in [0.29, 0.717) is 41.7 Å². The number of methoxy groups -OCH3 is 1. The zero-order chi connectivity index (χ0) is 30.8. The number of carbonyl (C=O) groups excluding carboxylic acids is 2. The summed E-state index contributed by atoms with van der Waals surface area (Å²) >= 11 is 3.52. The smallest absolute Gasteiger partial charge is 0.337 e. The number of benzene rings is 3. The number of carbonyl (C=O) groups is 2. The Balaban J connectivity index is 1.35. The summed E-state index contributed by atoms with van der Waals surface area (Å²) in [7, 11) is 1.28. The fraction of sp³-hybridized carbons (Fsp3) is 0.258. The predicted molar refractivity (Wildman–Crippen MR) is 164 cm³/mol. The summed E-state index contributed by atoms with van der Waals surface area (Å²) in [5.74, 6) is 0.882. The highest BCUT2D eigenvalue weighted by Gasteiger charge is 2.32. The van der Waals surface area contributed by atoms with E-state index in [9.17, 15) is 14.7 Å². The van der Waals surface area contributed by atoms with E-state index in [1.807, 2.05) is 55.5 Å².